The normalized spacial score (nSPS) is 14.3. The first kappa shape index (κ1) is 15.1. The molecule has 0 spiro atoms. The van der Waals surface area contributed by atoms with Crippen LogP contribution in [0.2, 0.25) is 0 Å². The lowest BCUT2D eigenvalue weighted by atomic mass is 10.1. The van der Waals surface area contributed by atoms with E-state index in [1.165, 1.54) is 5.56 Å². The van der Waals surface area contributed by atoms with Gasteiger partial charge in [0.15, 0.2) is 11.5 Å². The van der Waals surface area contributed by atoms with Crippen molar-refractivity contribution in [3.63, 3.8) is 0 Å². The monoisotopic (exact) mass is 278 g/mol. The molecule has 0 atom stereocenters. The SMILES string of the molecule is CC(C)(C)NCCNCCc1ccc2c(c1)OCCO2. The first-order chi connectivity index (χ1) is 9.54. The Kier molecular flexibility index (Phi) is 5.26. The first-order valence-electron chi connectivity index (χ1n) is 7.39. The zero-order chi connectivity index (χ0) is 14.4. The summed E-state index contributed by atoms with van der Waals surface area (Å²) in [5.41, 5.74) is 1.47. The Hall–Kier alpha value is -1.26. The fourth-order valence-electron chi connectivity index (χ4n) is 2.13. The number of nitrogens with one attached hydrogen (secondary N) is 2. The van der Waals surface area contributed by atoms with Gasteiger partial charge in [-0.15, -0.1) is 0 Å². The maximum absolute atomic E-state index is 5.59. The van der Waals surface area contributed by atoms with E-state index in [9.17, 15) is 0 Å². The summed E-state index contributed by atoms with van der Waals surface area (Å²) in [4.78, 5) is 0. The van der Waals surface area contributed by atoms with Gasteiger partial charge in [0, 0.05) is 18.6 Å². The molecule has 4 heteroatoms. The van der Waals surface area contributed by atoms with Crippen LogP contribution in [-0.4, -0.2) is 38.4 Å². The number of hydrogen-bond acceptors (Lipinski definition) is 4. The summed E-state index contributed by atoms with van der Waals surface area (Å²) < 4.78 is 11.1. The molecular weight excluding hydrogens is 252 g/mol. The van der Waals surface area contributed by atoms with E-state index < -0.39 is 0 Å². The Labute approximate surface area is 121 Å². The number of fused-ring (bicyclic) bond motifs is 1. The molecule has 2 N–H and O–H groups in total. The van der Waals surface area contributed by atoms with E-state index in [0.29, 0.717) is 13.2 Å². The van der Waals surface area contributed by atoms with Gasteiger partial charge in [-0.05, 0) is 51.4 Å². The van der Waals surface area contributed by atoms with Crippen molar-refractivity contribution in [3.8, 4) is 11.5 Å². The van der Waals surface area contributed by atoms with Crippen LogP contribution in [0, 0.1) is 0 Å². The van der Waals surface area contributed by atoms with Crippen LogP contribution in [0.5, 0.6) is 11.5 Å². The molecular formula is C16H26N2O2. The third kappa shape index (κ3) is 5.02. The topological polar surface area (TPSA) is 42.5 Å². The van der Waals surface area contributed by atoms with Gasteiger partial charge in [0.2, 0.25) is 0 Å². The highest BCUT2D eigenvalue weighted by Crippen LogP contribution is 2.30. The lowest BCUT2D eigenvalue weighted by Gasteiger charge is -2.20. The zero-order valence-corrected chi connectivity index (χ0v) is 12.8. The second-order valence-electron chi connectivity index (χ2n) is 6.15. The van der Waals surface area contributed by atoms with Crippen molar-refractivity contribution in [1.29, 1.82) is 0 Å². The van der Waals surface area contributed by atoms with E-state index in [-0.39, 0.29) is 5.54 Å². The largest absolute Gasteiger partial charge is 0.486 e. The van der Waals surface area contributed by atoms with Crippen LogP contribution in [0.4, 0.5) is 0 Å². The second kappa shape index (κ2) is 6.95. The summed E-state index contributed by atoms with van der Waals surface area (Å²) in [7, 11) is 0. The molecule has 1 aromatic rings. The summed E-state index contributed by atoms with van der Waals surface area (Å²) in [6.45, 7) is 10.8. The van der Waals surface area contributed by atoms with Crippen LogP contribution in [0.3, 0.4) is 0 Å². The number of rotatable bonds is 6. The molecule has 0 saturated heterocycles. The van der Waals surface area contributed by atoms with E-state index in [2.05, 4.69) is 43.5 Å². The highest BCUT2D eigenvalue weighted by Gasteiger charge is 2.11. The van der Waals surface area contributed by atoms with Crippen molar-refractivity contribution in [2.45, 2.75) is 32.7 Å². The molecule has 4 nitrogen and oxygen atoms in total. The molecule has 0 fully saturated rings. The van der Waals surface area contributed by atoms with Crippen LogP contribution in [0.15, 0.2) is 18.2 Å². The summed E-state index contributed by atoms with van der Waals surface area (Å²) >= 11 is 0. The number of hydrogen-bond donors (Lipinski definition) is 2. The standard InChI is InChI=1S/C16H26N2O2/c1-16(2,3)18-9-8-17-7-6-13-4-5-14-15(12-13)20-11-10-19-14/h4-5,12,17-18H,6-11H2,1-3H3. The quantitative estimate of drug-likeness (QED) is 0.781. The van der Waals surface area contributed by atoms with Crippen molar-refractivity contribution in [2.75, 3.05) is 32.8 Å². The summed E-state index contributed by atoms with van der Waals surface area (Å²) in [5, 5.41) is 6.91. The van der Waals surface area contributed by atoms with Gasteiger partial charge < -0.3 is 20.1 Å². The third-order valence-corrected chi connectivity index (χ3v) is 3.15. The van der Waals surface area contributed by atoms with E-state index in [4.69, 9.17) is 9.47 Å². The molecule has 1 aliphatic rings. The van der Waals surface area contributed by atoms with E-state index in [1.54, 1.807) is 0 Å². The van der Waals surface area contributed by atoms with Crippen molar-refractivity contribution in [1.82, 2.24) is 10.6 Å². The highest BCUT2D eigenvalue weighted by molar-refractivity contribution is 5.43. The van der Waals surface area contributed by atoms with Crippen LogP contribution in [0.25, 0.3) is 0 Å². The minimum Gasteiger partial charge on any atom is -0.486 e. The number of benzene rings is 1. The van der Waals surface area contributed by atoms with Gasteiger partial charge in [0.05, 0.1) is 0 Å². The molecule has 0 unspecified atom stereocenters. The molecule has 0 aliphatic carbocycles. The van der Waals surface area contributed by atoms with E-state index >= 15 is 0 Å². The molecule has 0 amide bonds. The summed E-state index contributed by atoms with van der Waals surface area (Å²) in [6, 6.07) is 6.21. The van der Waals surface area contributed by atoms with Crippen molar-refractivity contribution >= 4 is 0 Å². The lowest BCUT2D eigenvalue weighted by Crippen LogP contribution is -2.40. The first-order valence-corrected chi connectivity index (χ1v) is 7.39. The molecule has 2 rings (SSSR count). The fourth-order valence-corrected chi connectivity index (χ4v) is 2.13. The molecule has 112 valence electrons. The number of ether oxygens (including phenoxy) is 2. The molecule has 1 heterocycles. The molecule has 0 aromatic heterocycles. The summed E-state index contributed by atoms with van der Waals surface area (Å²) in [5.74, 6) is 1.74. The van der Waals surface area contributed by atoms with Crippen LogP contribution in [-0.2, 0) is 6.42 Å². The maximum Gasteiger partial charge on any atom is 0.161 e. The van der Waals surface area contributed by atoms with Crippen LogP contribution >= 0.6 is 0 Å². The molecule has 0 radical (unpaired) electrons. The van der Waals surface area contributed by atoms with Gasteiger partial charge >= 0.3 is 0 Å². The van der Waals surface area contributed by atoms with Crippen LogP contribution < -0.4 is 20.1 Å². The van der Waals surface area contributed by atoms with Gasteiger partial charge in [0.1, 0.15) is 13.2 Å². The molecule has 0 saturated carbocycles. The predicted molar refractivity (Wildman–Crippen MR) is 81.8 cm³/mol. The molecule has 1 aliphatic heterocycles. The predicted octanol–water partition coefficient (Wildman–Crippen LogP) is 1.98. The van der Waals surface area contributed by atoms with Gasteiger partial charge in [-0.1, -0.05) is 6.07 Å². The fraction of sp³-hybridized carbons (Fsp3) is 0.625. The third-order valence-electron chi connectivity index (χ3n) is 3.15. The van der Waals surface area contributed by atoms with Crippen molar-refractivity contribution < 1.29 is 9.47 Å². The minimum atomic E-state index is 0.192. The Bertz CT molecular complexity index is 427. The van der Waals surface area contributed by atoms with Crippen LogP contribution in [0.1, 0.15) is 26.3 Å². The minimum absolute atomic E-state index is 0.192. The van der Waals surface area contributed by atoms with Crippen molar-refractivity contribution in [2.24, 2.45) is 0 Å². The average Bonchev–Trinajstić information content (AvgIpc) is 2.41. The Balaban J connectivity index is 1.67. The van der Waals surface area contributed by atoms with Gasteiger partial charge in [-0.25, -0.2) is 0 Å². The van der Waals surface area contributed by atoms with Gasteiger partial charge in [-0.3, -0.25) is 0 Å². The molecule has 1 aromatic carbocycles. The Morgan fingerprint density at radius 3 is 2.50 bits per heavy atom. The summed E-state index contributed by atoms with van der Waals surface area (Å²) in [6.07, 6.45) is 1.01. The zero-order valence-electron chi connectivity index (χ0n) is 12.8. The molecule has 0 bridgehead atoms. The van der Waals surface area contributed by atoms with Gasteiger partial charge in [-0.2, -0.15) is 0 Å². The average molecular weight is 278 g/mol. The smallest absolute Gasteiger partial charge is 0.161 e. The highest BCUT2D eigenvalue weighted by atomic mass is 16.6. The Morgan fingerprint density at radius 2 is 1.75 bits per heavy atom. The van der Waals surface area contributed by atoms with E-state index in [1.807, 2.05) is 6.07 Å². The second-order valence-corrected chi connectivity index (χ2v) is 6.15. The van der Waals surface area contributed by atoms with Crippen molar-refractivity contribution in [3.05, 3.63) is 23.8 Å². The molecule has 20 heavy (non-hydrogen) atoms. The van der Waals surface area contributed by atoms with E-state index in [0.717, 1.165) is 37.6 Å². The Morgan fingerprint density at radius 1 is 1.00 bits per heavy atom. The lowest BCUT2D eigenvalue weighted by molar-refractivity contribution is 0.171. The maximum atomic E-state index is 5.59. The van der Waals surface area contributed by atoms with Gasteiger partial charge in [0.25, 0.3) is 0 Å².